The third-order valence-electron chi connectivity index (χ3n) is 2.80. The molecule has 9 heavy (non-hydrogen) atoms. The minimum atomic E-state index is 0.574. The average molecular weight is 123 g/mol. The van der Waals surface area contributed by atoms with E-state index < -0.39 is 0 Å². The number of rotatable bonds is 0. The second-order valence-corrected chi connectivity index (χ2v) is 3.99. The molecule has 1 saturated carbocycles. The Hall–Kier alpha value is -0.330. The largest absolute Gasteiger partial charge is 0.297 e. The summed E-state index contributed by atoms with van der Waals surface area (Å²) in [4.78, 5) is 4.28. The zero-order valence-corrected chi connectivity index (χ0v) is 6.09. The Kier molecular flexibility index (Phi) is 0.842. The first-order valence-electron chi connectivity index (χ1n) is 3.70. The molecule has 1 aliphatic heterocycles. The summed E-state index contributed by atoms with van der Waals surface area (Å²) in [5.41, 5.74) is 0.574. The van der Waals surface area contributed by atoms with Crippen molar-refractivity contribution in [3.05, 3.63) is 0 Å². The number of nitrogens with zero attached hydrogens (tertiary/aromatic N) is 1. The molecule has 0 saturated heterocycles. The van der Waals surface area contributed by atoms with Gasteiger partial charge in [-0.25, -0.2) is 0 Å². The van der Waals surface area contributed by atoms with Crippen LogP contribution in [0, 0.1) is 17.3 Å². The Bertz CT molecular complexity index is 158. The number of hydrogen-bond donors (Lipinski definition) is 0. The monoisotopic (exact) mass is 123 g/mol. The molecule has 1 aliphatic carbocycles. The van der Waals surface area contributed by atoms with Crippen LogP contribution in [0.1, 0.15) is 20.3 Å². The van der Waals surface area contributed by atoms with Crippen LogP contribution in [0.25, 0.3) is 0 Å². The summed E-state index contributed by atoms with van der Waals surface area (Å²) in [5.74, 6) is 1.73. The number of hydrogen-bond acceptors (Lipinski definition) is 1. The fraction of sp³-hybridized carbons (Fsp3) is 0.875. The van der Waals surface area contributed by atoms with Crippen molar-refractivity contribution in [2.24, 2.45) is 22.2 Å². The molecule has 1 heteroatoms. The molecule has 1 heterocycles. The molecule has 0 radical (unpaired) electrons. The highest BCUT2D eigenvalue weighted by atomic mass is 14.8. The zero-order valence-electron chi connectivity index (χ0n) is 6.09. The van der Waals surface area contributed by atoms with E-state index in [4.69, 9.17) is 0 Å². The van der Waals surface area contributed by atoms with Crippen LogP contribution in [0.5, 0.6) is 0 Å². The molecule has 0 aromatic carbocycles. The smallest absolute Gasteiger partial charge is 0.0420 e. The van der Waals surface area contributed by atoms with E-state index in [-0.39, 0.29) is 0 Å². The number of aliphatic imine (C=N–C) groups is 1. The summed E-state index contributed by atoms with van der Waals surface area (Å²) >= 11 is 0. The van der Waals surface area contributed by atoms with Gasteiger partial charge in [-0.3, -0.25) is 4.99 Å². The van der Waals surface area contributed by atoms with Crippen LogP contribution in [0.3, 0.4) is 0 Å². The Morgan fingerprint density at radius 2 is 2.33 bits per heavy atom. The molecule has 0 aromatic rings. The molecule has 2 rings (SSSR count). The first-order valence-corrected chi connectivity index (χ1v) is 3.70. The van der Waals surface area contributed by atoms with E-state index in [1.165, 1.54) is 6.42 Å². The van der Waals surface area contributed by atoms with Gasteiger partial charge >= 0.3 is 0 Å². The topological polar surface area (TPSA) is 12.4 Å². The van der Waals surface area contributed by atoms with Gasteiger partial charge in [0, 0.05) is 18.7 Å². The van der Waals surface area contributed by atoms with Crippen molar-refractivity contribution in [2.75, 3.05) is 6.54 Å². The Labute approximate surface area is 56.2 Å². The van der Waals surface area contributed by atoms with Crippen LogP contribution >= 0.6 is 0 Å². The summed E-state index contributed by atoms with van der Waals surface area (Å²) in [5, 5.41) is 0. The van der Waals surface area contributed by atoms with E-state index in [2.05, 4.69) is 25.1 Å². The predicted molar refractivity (Wildman–Crippen MR) is 38.7 cm³/mol. The van der Waals surface area contributed by atoms with Crippen molar-refractivity contribution in [3.63, 3.8) is 0 Å². The van der Waals surface area contributed by atoms with Crippen LogP contribution in [-0.2, 0) is 0 Å². The Balaban J connectivity index is 2.16. The van der Waals surface area contributed by atoms with Gasteiger partial charge in [0.2, 0.25) is 0 Å². The third-order valence-corrected chi connectivity index (χ3v) is 2.80. The van der Waals surface area contributed by atoms with Gasteiger partial charge in [0.25, 0.3) is 0 Å². The lowest BCUT2D eigenvalue weighted by molar-refractivity contribution is 0.0615. The molecule has 0 unspecified atom stereocenters. The van der Waals surface area contributed by atoms with Gasteiger partial charge in [0.1, 0.15) is 0 Å². The standard InChI is InChI=1S/C8H13N/c1-8(2)3-6-4-9-5-7(6)8/h5-7H,3-4H2,1-2H3/t6-,7+/m0/s1. The van der Waals surface area contributed by atoms with Gasteiger partial charge in [-0.1, -0.05) is 13.8 Å². The van der Waals surface area contributed by atoms with E-state index >= 15 is 0 Å². The first kappa shape index (κ1) is 5.45. The highest BCUT2D eigenvalue weighted by Crippen LogP contribution is 2.51. The van der Waals surface area contributed by atoms with Gasteiger partial charge in [0.15, 0.2) is 0 Å². The molecular weight excluding hydrogens is 110 g/mol. The maximum atomic E-state index is 4.28. The van der Waals surface area contributed by atoms with Crippen molar-refractivity contribution < 1.29 is 0 Å². The van der Waals surface area contributed by atoms with Crippen molar-refractivity contribution in [3.8, 4) is 0 Å². The van der Waals surface area contributed by atoms with Gasteiger partial charge in [0.05, 0.1) is 0 Å². The minimum Gasteiger partial charge on any atom is -0.297 e. The lowest BCUT2D eigenvalue weighted by Crippen LogP contribution is -2.43. The van der Waals surface area contributed by atoms with Crippen molar-refractivity contribution in [2.45, 2.75) is 20.3 Å². The van der Waals surface area contributed by atoms with Gasteiger partial charge in [-0.05, 0) is 17.8 Å². The van der Waals surface area contributed by atoms with E-state index in [0.717, 1.165) is 18.4 Å². The van der Waals surface area contributed by atoms with Gasteiger partial charge < -0.3 is 0 Å². The second kappa shape index (κ2) is 1.39. The molecule has 0 N–H and O–H groups in total. The first-order chi connectivity index (χ1) is 4.20. The molecule has 50 valence electrons. The molecule has 0 amide bonds. The number of fused-ring (bicyclic) bond motifs is 1. The van der Waals surface area contributed by atoms with Crippen molar-refractivity contribution in [1.82, 2.24) is 0 Å². The van der Waals surface area contributed by atoms with E-state index in [0.29, 0.717) is 5.41 Å². The van der Waals surface area contributed by atoms with Crippen LogP contribution < -0.4 is 0 Å². The summed E-state index contributed by atoms with van der Waals surface area (Å²) in [7, 11) is 0. The van der Waals surface area contributed by atoms with Crippen molar-refractivity contribution in [1.29, 1.82) is 0 Å². The predicted octanol–water partition coefficient (Wildman–Crippen LogP) is 1.73. The normalized spacial score (nSPS) is 44.2. The maximum Gasteiger partial charge on any atom is 0.0420 e. The van der Waals surface area contributed by atoms with E-state index in [9.17, 15) is 0 Å². The van der Waals surface area contributed by atoms with Crippen LogP contribution in [0.2, 0.25) is 0 Å². The molecule has 0 aromatic heterocycles. The van der Waals surface area contributed by atoms with Crippen molar-refractivity contribution >= 4 is 6.21 Å². The Morgan fingerprint density at radius 1 is 1.56 bits per heavy atom. The quantitative estimate of drug-likeness (QED) is 0.465. The average Bonchev–Trinajstić information content (AvgIpc) is 2.10. The molecule has 2 aliphatic rings. The van der Waals surface area contributed by atoms with Crippen LogP contribution in [0.4, 0.5) is 0 Å². The summed E-state index contributed by atoms with van der Waals surface area (Å²) in [6, 6.07) is 0. The minimum absolute atomic E-state index is 0.574. The fourth-order valence-electron chi connectivity index (χ4n) is 2.23. The van der Waals surface area contributed by atoms with Crippen LogP contribution in [0.15, 0.2) is 4.99 Å². The summed E-state index contributed by atoms with van der Waals surface area (Å²) in [6.45, 7) is 5.78. The molecule has 0 bridgehead atoms. The van der Waals surface area contributed by atoms with E-state index in [1.807, 2.05) is 0 Å². The maximum absolute atomic E-state index is 4.28. The molecule has 1 nitrogen and oxygen atoms in total. The fourth-order valence-corrected chi connectivity index (χ4v) is 2.23. The SMILES string of the molecule is CC1(C)C[C@H]2CN=C[C@H]21. The molecule has 2 atom stereocenters. The molecular formula is C8H13N. The highest BCUT2D eigenvalue weighted by Gasteiger charge is 2.47. The lowest BCUT2D eigenvalue weighted by Gasteiger charge is -2.46. The molecule has 1 fully saturated rings. The zero-order chi connectivity index (χ0) is 6.48. The van der Waals surface area contributed by atoms with Gasteiger partial charge in [-0.2, -0.15) is 0 Å². The third kappa shape index (κ3) is 0.577. The highest BCUT2D eigenvalue weighted by molar-refractivity contribution is 5.66. The molecule has 0 spiro atoms. The van der Waals surface area contributed by atoms with E-state index in [1.54, 1.807) is 0 Å². The summed E-state index contributed by atoms with van der Waals surface area (Å²) < 4.78 is 0. The lowest BCUT2D eigenvalue weighted by atomic mass is 9.57. The van der Waals surface area contributed by atoms with Crippen LogP contribution in [-0.4, -0.2) is 12.8 Å². The second-order valence-electron chi connectivity index (χ2n) is 3.99. The summed E-state index contributed by atoms with van der Waals surface area (Å²) in [6.07, 6.45) is 3.55. The Morgan fingerprint density at radius 3 is 2.78 bits per heavy atom. The van der Waals surface area contributed by atoms with Gasteiger partial charge in [-0.15, -0.1) is 0 Å².